The molecule has 0 aliphatic rings. The molecule has 0 radical (unpaired) electrons. The maximum Gasteiger partial charge on any atom is 0.349 e. The van der Waals surface area contributed by atoms with Crippen molar-refractivity contribution >= 4 is 16.9 Å². The van der Waals surface area contributed by atoms with Crippen LogP contribution in [0.15, 0.2) is 58.0 Å². The van der Waals surface area contributed by atoms with Crippen LogP contribution < -0.4 is 10.9 Å². The van der Waals surface area contributed by atoms with Crippen molar-refractivity contribution in [3.63, 3.8) is 0 Å². The number of aromatic nitrogens is 1. The molecule has 0 aliphatic heterocycles. The highest BCUT2D eigenvalue weighted by molar-refractivity contribution is 5.96. The standard InChI is InChI=1S/C17H14N2O3/c1-11-4-2-6-13-8-14(17(21)22-15(11)13)16(20)19-10-12-5-3-7-18-9-12/h2-9H,10H2,1H3,(H,19,20). The van der Waals surface area contributed by atoms with Gasteiger partial charge in [0, 0.05) is 24.3 Å². The summed E-state index contributed by atoms with van der Waals surface area (Å²) in [6, 6.07) is 10.7. The highest BCUT2D eigenvalue weighted by atomic mass is 16.4. The summed E-state index contributed by atoms with van der Waals surface area (Å²) < 4.78 is 5.27. The van der Waals surface area contributed by atoms with Crippen LogP contribution >= 0.6 is 0 Å². The maximum atomic E-state index is 12.2. The SMILES string of the molecule is Cc1cccc2cc(C(=O)NCc3cccnc3)c(=O)oc12. The van der Waals surface area contributed by atoms with E-state index in [1.807, 2.05) is 31.2 Å². The second-order valence-electron chi connectivity index (χ2n) is 4.98. The zero-order valence-corrected chi connectivity index (χ0v) is 12.0. The molecule has 2 aromatic heterocycles. The van der Waals surface area contributed by atoms with Gasteiger partial charge in [0.2, 0.25) is 0 Å². The number of rotatable bonds is 3. The van der Waals surface area contributed by atoms with Crippen molar-refractivity contribution in [2.24, 2.45) is 0 Å². The normalized spacial score (nSPS) is 10.6. The Labute approximate surface area is 126 Å². The van der Waals surface area contributed by atoms with Crippen molar-refractivity contribution in [1.29, 1.82) is 0 Å². The molecular formula is C17H14N2O3. The van der Waals surface area contributed by atoms with Crippen molar-refractivity contribution in [2.75, 3.05) is 0 Å². The Hall–Kier alpha value is -2.95. The number of nitrogens with one attached hydrogen (secondary N) is 1. The zero-order valence-electron chi connectivity index (χ0n) is 12.0. The Kier molecular flexibility index (Phi) is 3.70. The fourth-order valence-corrected chi connectivity index (χ4v) is 2.23. The average molecular weight is 294 g/mol. The van der Waals surface area contributed by atoms with Crippen LogP contribution in [-0.2, 0) is 6.54 Å². The van der Waals surface area contributed by atoms with E-state index >= 15 is 0 Å². The van der Waals surface area contributed by atoms with E-state index in [4.69, 9.17) is 4.42 Å². The van der Waals surface area contributed by atoms with E-state index in [1.165, 1.54) is 0 Å². The lowest BCUT2D eigenvalue weighted by Crippen LogP contribution is -2.27. The third-order valence-corrected chi connectivity index (χ3v) is 3.38. The quantitative estimate of drug-likeness (QED) is 0.753. The molecule has 1 N–H and O–H groups in total. The fourth-order valence-electron chi connectivity index (χ4n) is 2.23. The Morgan fingerprint density at radius 3 is 2.91 bits per heavy atom. The van der Waals surface area contributed by atoms with Crippen molar-refractivity contribution in [2.45, 2.75) is 13.5 Å². The Morgan fingerprint density at radius 2 is 2.14 bits per heavy atom. The number of carbonyl (C=O) groups excluding carboxylic acids is 1. The monoisotopic (exact) mass is 294 g/mol. The molecule has 1 amide bonds. The second-order valence-corrected chi connectivity index (χ2v) is 4.98. The molecule has 2 heterocycles. The molecule has 1 aromatic carbocycles. The molecule has 0 bridgehead atoms. The topological polar surface area (TPSA) is 72.2 Å². The minimum absolute atomic E-state index is 0.00184. The summed E-state index contributed by atoms with van der Waals surface area (Å²) in [4.78, 5) is 28.1. The van der Waals surface area contributed by atoms with Crippen molar-refractivity contribution in [3.8, 4) is 0 Å². The average Bonchev–Trinajstić information content (AvgIpc) is 2.54. The summed E-state index contributed by atoms with van der Waals surface area (Å²) in [7, 11) is 0. The number of hydrogen-bond donors (Lipinski definition) is 1. The Morgan fingerprint density at radius 1 is 1.27 bits per heavy atom. The lowest BCUT2D eigenvalue weighted by atomic mass is 10.1. The van der Waals surface area contributed by atoms with E-state index in [0.717, 1.165) is 16.5 Å². The van der Waals surface area contributed by atoms with Gasteiger partial charge in [-0.2, -0.15) is 0 Å². The number of hydrogen-bond acceptors (Lipinski definition) is 4. The Bertz CT molecular complexity index is 885. The van der Waals surface area contributed by atoms with Gasteiger partial charge in [0.05, 0.1) is 0 Å². The summed E-state index contributed by atoms with van der Waals surface area (Å²) in [6.45, 7) is 2.16. The summed E-state index contributed by atoms with van der Waals surface area (Å²) in [5.74, 6) is -0.457. The van der Waals surface area contributed by atoms with Crippen LogP contribution in [0, 0.1) is 6.92 Å². The van der Waals surface area contributed by atoms with Crippen LogP contribution in [0.4, 0.5) is 0 Å². The van der Waals surface area contributed by atoms with E-state index in [9.17, 15) is 9.59 Å². The van der Waals surface area contributed by atoms with E-state index < -0.39 is 11.5 Å². The molecule has 0 spiro atoms. The highest BCUT2D eigenvalue weighted by Crippen LogP contribution is 2.17. The Balaban J connectivity index is 1.88. The number of benzene rings is 1. The number of pyridine rings is 1. The van der Waals surface area contributed by atoms with Gasteiger partial charge >= 0.3 is 5.63 Å². The number of aryl methyl sites for hydroxylation is 1. The van der Waals surface area contributed by atoms with Crippen molar-refractivity contribution in [3.05, 3.63) is 75.9 Å². The molecule has 3 rings (SSSR count). The van der Waals surface area contributed by atoms with Gasteiger partial charge in [0.1, 0.15) is 11.1 Å². The third kappa shape index (κ3) is 2.74. The first-order valence-corrected chi connectivity index (χ1v) is 6.86. The van der Waals surface area contributed by atoms with Gasteiger partial charge in [-0.3, -0.25) is 9.78 Å². The second kappa shape index (κ2) is 5.81. The summed E-state index contributed by atoms with van der Waals surface area (Å²) in [6.07, 6.45) is 3.32. The molecule has 5 heteroatoms. The predicted molar refractivity (Wildman–Crippen MR) is 82.6 cm³/mol. The van der Waals surface area contributed by atoms with Crippen LogP contribution in [0.3, 0.4) is 0 Å². The van der Waals surface area contributed by atoms with Gasteiger partial charge in [0.15, 0.2) is 0 Å². The smallest absolute Gasteiger partial charge is 0.349 e. The molecule has 0 fully saturated rings. The number of carbonyl (C=O) groups is 1. The molecule has 0 unspecified atom stereocenters. The maximum absolute atomic E-state index is 12.2. The van der Waals surface area contributed by atoms with Crippen LogP contribution in [0.1, 0.15) is 21.5 Å². The molecule has 22 heavy (non-hydrogen) atoms. The van der Waals surface area contributed by atoms with Crippen LogP contribution in [-0.4, -0.2) is 10.9 Å². The van der Waals surface area contributed by atoms with Crippen molar-refractivity contribution < 1.29 is 9.21 Å². The van der Waals surface area contributed by atoms with E-state index in [-0.39, 0.29) is 5.56 Å². The summed E-state index contributed by atoms with van der Waals surface area (Å²) >= 11 is 0. The summed E-state index contributed by atoms with van der Waals surface area (Å²) in [5.41, 5.74) is 1.59. The molecule has 110 valence electrons. The lowest BCUT2D eigenvalue weighted by molar-refractivity contribution is 0.0947. The van der Waals surface area contributed by atoms with Gasteiger partial charge in [-0.15, -0.1) is 0 Å². The molecule has 0 aliphatic carbocycles. The number of amides is 1. The lowest BCUT2D eigenvalue weighted by Gasteiger charge is -2.06. The van der Waals surface area contributed by atoms with Gasteiger partial charge in [-0.05, 0) is 30.2 Å². The number of fused-ring (bicyclic) bond motifs is 1. The van der Waals surface area contributed by atoms with E-state index in [0.29, 0.717) is 12.1 Å². The molecule has 0 saturated carbocycles. The molecule has 5 nitrogen and oxygen atoms in total. The predicted octanol–water partition coefficient (Wildman–Crippen LogP) is 2.43. The minimum atomic E-state index is -0.634. The van der Waals surface area contributed by atoms with Crippen molar-refractivity contribution in [1.82, 2.24) is 10.3 Å². The van der Waals surface area contributed by atoms with Gasteiger partial charge in [-0.25, -0.2) is 4.79 Å². The first kappa shape index (κ1) is 14.0. The number of nitrogens with zero attached hydrogens (tertiary/aromatic N) is 1. The molecule has 0 atom stereocenters. The van der Waals surface area contributed by atoms with E-state index in [1.54, 1.807) is 24.5 Å². The first-order chi connectivity index (χ1) is 10.6. The largest absolute Gasteiger partial charge is 0.422 e. The first-order valence-electron chi connectivity index (χ1n) is 6.86. The van der Waals surface area contributed by atoms with Crippen LogP contribution in [0.2, 0.25) is 0 Å². The molecular weight excluding hydrogens is 280 g/mol. The van der Waals surface area contributed by atoms with Crippen LogP contribution in [0.5, 0.6) is 0 Å². The summed E-state index contributed by atoms with van der Waals surface area (Å²) in [5, 5.41) is 3.42. The van der Waals surface area contributed by atoms with E-state index in [2.05, 4.69) is 10.3 Å². The van der Waals surface area contributed by atoms with Gasteiger partial charge in [0.25, 0.3) is 5.91 Å². The van der Waals surface area contributed by atoms with Gasteiger partial charge in [-0.1, -0.05) is 24.3 Å². The minimum Gasteiger partial charge on any atom is -0.422 e. The van der Waals surface area contributed by atoms with Crippen LogP contribution in [0.25, 0.3) is 11.0 Å². The molecule has 0 saturated heterocycles. The highest BCUT2D eigenvalue weighted by Gasteiger charge is 2.14. The fraction of sp³-hybridized carbons (Fsp3) is 0.118. The third-order valence-electron chi connectivity index (χ3n) is 3.38. The molecule has 3 aromatic rings. The number of para-hydroxylation sites is 1. The van der Waals surface area contributed by atoms with Gasteiger partial charge < -0.3 is 9.73 Å². The zero-order chi connectivity index (χ0) is 15.5.